The summed E-state index contributed by atoms with van der Waals surface area (Å²) in [6.45, 7) is 4.66. The standard InChI is InChI=1S/C12H19ClO3/c1-7(14)9-4-10(6-13)12(3,16)11(5-9)8(2)15/h9-11,16H,4-6H2,1-3H3/t9-,10+,11-,12-/m1/s1. The van der Waals surface area contributed by atoms with Gasteiger partial charge >= 0.3 is 0 Å². The molecular weight excluding hydrogens is 228 g/mol. The average Bonchev–Trinajstić information content (AvgIpc) is 2.15. The highest BCUT2D eigenvalue weighted by atomic mass is 35.5. The fraction of sp³-hybridized carbons (Fsp3) is 0.833. The number of carbonyl (C=O) groups excluding carboxylic acids is 2. The first-order valence-electron chi connectivity index (χ1n) is 5.60. The summed E-state index contributed by atoms with van der Waals surface area (Å²) in [5.74, 6) is -0.508. The van der Waals surface area contributed by atoms with Crippen LogP contribution in [0, 0.1) is 17.8 Å². The van der Waals surface area contributed by atoms with E-state index in [-0.39, 0.29) is 29.3 Å². The first-order valence-corrected chi connectivity index (χ1v) is 6.13. The van der Waals surface area contributed by atoms with E-state index in [0.717, 1.165) is 0 Å². The molecule has 1 fully saturated rings. The summed E-state index contributed by atoms with van der Waals surface area (Å²) in [6.07, 6.45) is 1.03. The molecule has 1 saturated carbocycles. The Balaban J connectivity index is 2.97. The molecule has 0 bridgehead atoms. The van der Waals surface area contributed by atoms with Crippen LogP contribution in [0.2, 0.25) is 0 Å². The Hall–Kier alpha value is -0.410. The van der Waals surface area contributed by atoms with E-state index in [1.807, 2.05) is 0 Å². The molecule has 0 radical (unpaired) electrons. The van der Waals surface area contributed by atoms with E-state index in [0.29, 0.717) is 12.8 Å². The lowest BCUT2D eigenvalue weighted by atomic mass is 9.64. The molecule has 0 aromatic heterocycles. The maximum Gasteiger partial charge on any atom is 0.135 e. The second-order valence-corrected chi connectivity index (χ2v) is 5.33. The summed E-state index contributed by atoms with van der Waals surface area (Å²) >= 11 is 5.82. The minimum absolute atomic E-state index is 0.0638. The summed E-state index contributed by atoms with van der Waals surface area (Å²) in [5, 5.41) is 10.3. The normalized spacial score (nSPS) is 39.4. The van der Waals surface area contributed by atoms with Crippen molar-refractivity contribution in [3.8, 4) is 0 Å². The molecule has 1 aliphatic rings. The van der Waals surface area contributed by atoms with E-state index in [1.54, 1.807) is 6.92 Å². The number of Topliss-reactive ketones (excluding diaryl/α,β-unsaturated/α-hetero) is 2. The van der Waals surface area contributed by atoms with Crippen molar-refractivity contribution in [3.05, 3.63) is 0 Å². The first-order chi connectivity index (χ1) is 7.30. The Bertz CT molecular complexity index is 299. The van der Waals surface area contributed by atoms with Crippen LogP contribution in [0.3, 0.4) is 0 Å². The van der Waals surface area contributed by atoms with Gasteiger partial charge in [0.1, 0.15) is 11.6 Å². The van der Waals surface area contributed by atoms with E-state index in [2.05, 4.69) is 0 Å². The van der Waals surface area contributed by atoms with Crippen LogP contribution in [-0.2, 0) is 9.59 Å². The molecule has 0 spiro atoms. The molecule has 3 nitrogen and oxygen atoms in total. The van der Waals surface area contributed by atoms with Gasteiger partial charge in [0.25, 0.3) is 0 Å². The maximum absolute atomic E-state index is 11.5. The number of hydrogen-bond acceptors (Lipinski definition) is 3. The molecule has 92 valence electrons. The van der Waals surface area contributed by atoms with E-state index in [9.17, 15) is 14.7 Å². The van der Waals surface area contributed by atoms with Gasteiger partial charge in [-0.2, -0.15) is 0 Å². The van der Waals surface area contributed by atoms with Crippen LogP contribution < -0.4 is 0 Å². The minimum Gasteiger partial charge on any atom is -0.389 e. The number of alkyl halides is 1. The van der Waals surface area contributed by atoms with Gasteiger partial charge in [-0.1, -0.05) is 0 Å². The second-order valence-electron chi connectivity index (χ2n) is 5.02. The number of hydrogen-bond donors (Lipinski definition) is 1. The third kappa shape index (κ3) is 2.46. The summed E-state index contributed by atoms with van der Waals surface area (Å²) in [7, 11) is 0. The molecule has 0 heterocycles. The predicted molar refractivity (Wildman–Crippen MR) is 62.4 cm³/mol. The molecule has 1 N–H and O–H groups in total. The first kappa shape index (κ1) is 13.7. The molecule has 1 rings (SSSR count). The lowest BCUT2D eigenvalue weighted by Gasteiger charge is -2.44. The largest absolute Gasteiger partial charge is 0.389 e. The van der Waals surface area contributed by atoms with Gasteiger partial charge in [0.05, 0.1) is 5.60 Å². The lowest BCUT2D eigenvalue weighted by molar-refractivity contribution is -0.144. The van der Waals surface area contributed by atoms with Gasteiger partial charge in [-0.25, -0.2) is 0 Å². The van der Waals surface area contributed by atoms with E-state index < -0.39 is 11.5 Å². The zero-order chi connectivity index (χ0) is 12.5. The monoisotopic (exact) mass is 246 g/mol. The van der Waals surface area contributed by atoms with Crippen LogP contribution in [0.1, 0.15) is 33.6 Å². The zero-order valence-corrected chi connectivity index (χ0v) is 10.8. The minimum atomic E-state index is -1.08. The van der Waals surface area contributed by atoms with Gasteiger partial charge in [0.2, 0.25) is 0 Å². The van der Waals surface area contributed by atoms with E-state index in [4.69, 9.17) is 11.6 Å². The van der Waals surface area contributed by atoms with Crippen molar-refractivity contribution >= 4 is 23.2 Å². The molecule has 0 aliphatic heterocycles. The van der Waals surface area contributed by atoms with Crippen molar-refractivity contribution in [2.75, 3.05) is 5.88 Å². The van der Waals surface area contributed by atoms with Crippen molar-refractivity contribution in [1.82, 2.24) is 0 Å². The fourth-order valence-corrected chi connectivity index (χ4v) is 3.05. The molecular formula is C12H19ClO3. The van der Waals surface area contributed by atoms with Crippen molar-refractivity contribution in [3.63, 3.8) is 0 Å². The Morgan fingerprint density at radius 1 is 1.31 bits per heavy atom. The van der Waals surface area contributed by atoms with Gasteiger partial charge in [0.15, 0.2) is 0 Å². The molecule has 0 amide bonds. The fourth-order valence-electron chi connectivity index (χ4n) is 2.61. The third-order valence-corrected chi connectivity index (χ3v) is 4.25. The molecule has 4 heteroatoms. The van der Waals surface area contributed by atoms with Crippen LogP contribution in [0.4, 0.5) is 0 Å². The number of carbonyl (C=O) groups is 2. The highest BCUT2D eigenvalue weighted by molar-refractivity contribution is 6.18. The van der Waals surface area contributed by atoms with Crippen molar-refractivity contribution in [2.24, 2.45) is 17.8 Å². The summed E-state index contributed by atoms with van der Waals surface area (Å²) in [5.41, 5.74) is -1.08. The molecule has 16 heavy (non-hydrogen) atoms. The van der Waals surface area contributed by atoms with Gasteiger partial charge in [-0.3, -0.25) is 9.59 Å². The van der Waals surface area contributed by atoms with Gasteiger partial charge in [0, 0.05) is 23.6 Å². The molecule has 0 saturated heterocycles. The van der Waals surface area contributed by atoms with Gasteiger partial charge in [-0.15, -0.1) is 11.6 Å². The smallest absolute Gasteiger partial charge is 0.135 e. The number of ketones is 2. The SMILES string of the molecule is CC(=O)[C@@H]1C[C@@H](CCl)[C@@](C)(O)[C@@H](C(C)=O)C1. The second kappa shape index (κ2) is 4.84. The quantitative estimate of drug-likeness (QED) is 0.773. The predicted octanol–water partition coefficient (Wildman–Crippen LogP) is 1.80. The topological polar surface area (TPSA) is 54.4 Å². The van der Waals surface area contributed by atoms with Crippen LogP contribution in [0.25, 0.3) is 0 Å². The van der Waals surface area contributed by atoms with Gasteiger partial charge < -0.3 is 5.11 Å². The van der Waals surface area contributed by atoms with Crippen molar-refractivity contribution < 1.29 is 14.7 Å². The van der Waals surface area contributed by atoms with Gasteiger partial charge in [-0.05, 0) is 33.6 Å². The molecule has 1 aliphatic carbocycles. The number of rotatable bonds is 3. The molecule has 0 unspecified atom stereocenters. The molecule has 4 atom stereocenters. The highest BCUT2D eigenvalue weighted by Crippen LogP contribution is 2.42. The van der Waals surface area contributed by atoms with E-state index >= 15 is 0 Å². The molecule has 0 aromatic rings. The Morgan fingerprint density at radius 3 is 2.25 bits per heavy atom. The van der Waals surface area contributed by atoms with E-state index in [1.165, 1.54) is 13.8 Å². The zero-order valence-electron chi connectivity index (χ0n) is 10.00. The summed E-state index contributed by atoms with van der Waals surface area (Å²) in [6, 6.07) is 0. The Labute approximate surface area is 101 Å². The average molecular weight is 247 g/mol. The Kier molecular flexibility index (Phi) is 4.13. The van der Waals surface area contributed by atoms with Crippen LogP contribution >= 0.6 is 11.6 Å². The van der Waals surface area contributed by atoms with Crippen molar-refractivity contribution in [2.45, 2.75) is 39.2 Å². The van der Waals surface area contributed by atoms with Crippen LogP contribution in [0.5, 0.6) is 0 Å². The summed E-state index contributed by atoms with van der Waals surface area (Å²) in [4.78, 5) is 22.9. The Morgan fingerprint density at radius 2 is 1.88 bits per heavy atom. The van der Waals surface area contributed by atoms with Crippen molar-refractivity contribution in [1.29, 1.82) is 0 Å². The maximum atomic E-state index is 11.5. The van der Waals surface area contributed by atoms with Crippen LogP contribution in [0.15, 0.2) is 0 Å². The third-order valence-electron chi connectivity index (χ3n) is 3.87. The number of aliphatic hydroxyl groups is 1. The number of halogens is 1. The lowest BCUT2D eigenvalue weighted by Crippen LogP contribution is -2.52. The van der Waals surface area contributed by atoms with Crippen LogP contribution in [-0.4, -0.2) is 28.2 Å². The molecule has 0 aromatic carbocycles. The summed E-state index contributed by atoms with van der Waals surface area (Å²) < 4.78 is 0. The highest BCUT2D eigenvalue weighted by Gasteiger charge is 2.48.